The highest BCUT2D eigenvalue weighted by atomic mass is 19.4. The van der Waals surface area contributed by atoms with Gasteiger partial charge in [-0.2, -0.15) is 18.2 Å². The van der Waals surface area contributed by atoms with Gasteiger partial charge in [0.15, 0.2) is 11.2 Å². The Kier molecular flexibility index (Phi) is 5.80. The molecule has 0 radical (unpaired) electrons. The van der Waals surface area contributed by atoms with Crippen molar-refractivity contribution in [3.8, 4) is 0 Å². The third-order valence-corrected chi connectivity index (χ3v) is 5.51. The minimum Gasteiger partial charge on any atom is -0.450 e. The quantitative estimate of drug-likeness (QED) is 0.606. The molecule has 1 aliphatic carbocycles. The number of imidazole rings is 1. The lowest BCUT2D eigenvalue weighted by Gasteiger charge is -2.25. The van der Waals surface area contributed by atoms with Crippen LogP contribution < -0.4 is 16.6 Å². The maximum absolute atomic E-state index is 13.4. The molecule has 11 nitrogen and oxygen atoms in total. The number of hydrogen-bond acceptors (Lipinski definition) is 7. The van der Waals surface area contributed by atoms with Gasteiger partial charge in [-0.25, -0.2) is 9.36 Å². The second kappa shape index (κ2) is 8.32. The first-order chi connectivity index (χ1) is 15.5. The average molecular weight is 473 g/mol. The number of rotatable bonds is 6. The summed E-state index contributed by atoms with van der Waals surface area (Å²) in [6, 6.07) is 0. The number of nitrogens with zero attached hydrogens (tertiary/aromatic N) is 3. The molecule has 4 rings (SSSR count). The van der Waals surface area contributed by atoms with Crippen LogP contribution in [0.15, 0.2) is 9.59 Å². The molecular formula is C19H22F3N5O6. The Bertz CT molecular complexity index is 1210. The van der Waals surface area contributed by atoms with Crippen LogP contribution >= 0.6 is 0 Å². The number of ether oxygens (including phenoxy) is 2. The predicted molar refractivity (Wildman–Crippen MR) is 106 cm³/mol. The summed E-state index contributed by atoms with van der Waals surface area (Å²) >= 11 is 0. The summed E-state index contributed by atoms with van der Waals surface area (Å²) in [5.74, 6) is -1.64. The van der Waals surface area contributed by atoms with Crippen LogP contribution in [-0.4, -0.2) is 49.4 Å². The van der Waals surface area contributed by atoms with E-state index < -0.39 is 47.7 Å². The molecule has 2 aliphatic rings. The van der Waals surface area contributed by atoms with E-state index in [1.807, 2.05) is 0 Å². The third kappa shape index (κ3) is 4.65. The van der Waals surface area contributed by atoms with Gasteiger partial charge >= 0.3 is 17.8 Å². The lowest BCUT2D eigenvalue weighted by atomic mass is 10.1. The monoisotopic (exact) mass is 473 g/mol. The molecule has 1 saturated heterocycles. The molecular weight excluding hydrogens is 451 g/mol. The summed E-state index contributed by atoms with van der Waals surface area (Å²) in [6.07, 6.45) is -8.48. The molecule has 2 N–H and O–H groups in total. The van der Waals surface area contributed by atoms with Gasteiger partial charge in [-0.3, -0.25) is 29.3 Å². The number of hydrogen-bond donors (Lipinski definition) is 2. The van der Waals surface area contributed by atoms with Gasteiger partial charge in [0, 0.05) is 20.4 Å². The maximum atomic E-state index is 13.4. The molecule has 0 spiro atoms. The highest BCUT2D eigenvalue weighted by Crippen LogP contribution is 2.38. The summed E-state index contributed by atoms with van der Waals surface area (Å²) in [6.45, 7) is 2.31. The number of halogens is 3. The van der Waals surface area contributed by atoms with E-state index >= 15 is 0 Å². The molecule has 1 saturated carbocycles. The number of alkyl halides is 3. The van der Waals surface area contributed by atoms with Crippen molar-refractivity contribution in [3.63, 3.8) is 0 Å². The number of aromatic nitrogens is 4. The van der Waals surface area contributed by atoms with Crippen molar-refractivity contribution < 1.29 is 32.2 Å². The van der Waals surface area contributed by atoms with Gasteiger partial charge in [0.05, 0.1) is 0 Å². The van der Waals surface area contributed by atoms with E-state index in [1.54, 1.807) is 0 Å². The minimum atomic E-state index is -4.87. The molecule has 0 unspecified atom stereocenters. The van der Waals surface area contributed by atoms with Gasteiger partial charge in [0.25, 0.3) is 5.56 Å². The standard InChI is InChI=1S/C19H22F3N5O6/c1-8(28)23-17-24-15-13(16(30)25-17)26(7-10-3-4-10)18(31)27(15)12-6-5-11(33-12)14(19(20,21)22)32-9(2)29/h10-12,14H,3-7H2,1-2H3,(H2,23,24,25,28,30)/t11-,12+,14-/m0/s1. The number of esters is 1. The zero-order chi connectivity index (χ0) is 24.1. The number of anilines is 1. The van der Waals surface area contributed by atoms with E-state index in [9.17, 15) is 32.3 Å². The Hall–Kier alpha value is -3.16. The van der Waals surface area contributed by atoms with Crippen LogP contribution in [0.3, 0.4) is 0 Å². The summed E-state index contributed by atoms with van der Waals surface area (Å²) in [5.41, 5.74) is -1.50. The number of carbonyl (C=O) groups excluding carboxylic acids is 2. The van der Waals surface area contributed by atoms with Gasteiger partial charge in [-0.15, -0.1) is 0 Å². The molecule has 1 aliphatic heterocycles. The normalized spacial score (nSPS) is 21.8. The molecule has 14 heteroatoms. The zero-order valence-electron chi connectivity index (χ0n) is 17.8. The Morgan fingerprint density at radius 1 is 1.24 bits per heavy atom. The molecule has 180 valence electrons. The maximum Gasteiger partial charge on any atom is 0.428 e. The van der Waals surface area contributed by atoms with Crippen LogP contribution in [0.2, 0.25) is 0 Å². The topological polar surface area (TPSA) is 137 Å². The molecule has 2 aromatic rings. The fourth-order valence-corrected chi connectivity index (χ4v) is 3.99. The van der Waals surface area contributed by atoms with Gasteiger partial charge in [-0.05, 0) is 31.6 Å². The predicted octanol–water partition coefficient (Wildman–Crippen LogP) is 1.43. The van der Waals surface area contributed by atoms with Crippen LogP contribution in [0.5, 0.6) is 0 Å². The van der Waals surface area contributed by atoms with Gasteiger partial charge in [0.2, 0.25) is 18.0 Å². The highest BCUT2D eigenvalue weighted by molar-refractivity contribution is 5.87. The SMILES string of the molecule is CC(=O)Nc1nc2c(c(=O)[nH]1)n(CC1CC1)c(=O)n2[C@H]1CC[C@@H]([C@H](OC(C)=O)C(F)(F)F)O1. The minimum absolute atomic E-state index is 0.00902. The van der Waals surface area contributed by atoms with Crippen LogP contribution in [0.4, 0.5) is 19.1 Å². The summed E-state index contributed by atoms with van der Waals surface area (Å²) < 4.78 is 52.6. The van der Waals surface area contributed by atoms with Crippen LogP contribution in [0, 0.1) is 5.92 Å². The summed E-state index contributed by atoms with van der Waals surface area (Å²) in [4.78, 5) is 55.1. The van der Waals surface area contributed by atoms with Crippen LogP contribution in [0.25, 0.3) is 11.2 Å². The van der Waals surface area contributed by atoms with Crippen molar-refractivity contribution in [1.82, 2.24) is 19.1 Å². The van der Waals surface area contributed by atoms with Crippen molar-refractivity contribution in [1.29, 1.82) is 0 Å². The van der Waals surface area contributed by atoms with Crippen molar-refractivity contribution in [3.05, 3.63) is 20.8 Å². The van der Waals surface area contributed by atoms with Crippen LogP contribution in [-0.2, 0) is 25.6 Å². The first-order valence-electron chi connectivity index (χ1n) is 10.4. The Labute approximate surface area is 183 Å². The second-order valence-corrected chi connectivity index (χ2v) is 8.25. The second-order valence-electron chi connectivity index (χ2n) is 8.25. The molecule has 2 fully saturated rings. The fourth-order valence-electron chi connectivity index (χ4n) is 3.99. The van der Waals surface area contributed by atoms with Crippen molar-refractivity contribution in [2.75, 3.05) is 5.32 Å². The third-order valence-electron chi connectivity index (χ3n) is 5.51. The molecule has 0 aromatic carbocycles. The summed E-state index contributed by atoms with van der Waals surface area (Å²) in [5, 5.41) is 2.33. The van der Waals surface area contributed by atoms with Gasteiger partial charge in [-0.1, -0.05) is 0 Å². The first-order valence-corrected chi connectivity index (χ1v) is 10.4. The zero-order valence-corrected chi connectivity index (χ0v) is 17.8. The van der Waals surface area contributed by atoms with Crippen LogP contribution in [0.1, 0.15) is 45.8 Å². The van der Waals surface area contributed by atoms with E-state index in [-0.39, 0.29) is 42.4 Å². The van der Waals surface area contributed by atoms with Gasteiger partial charge < -0.3 is 9.47 Å². The summed E-state index contributed by atoms with van der Waals surface area (Å²) in [7, 11) is 0. The van der Waals surface area contributed by atoms with E-state index in [0.717, 1.165) is 24.3 Å². The van der Waals surface area contributed by atoms with Gasteiger partial charge in [0.1, 0.15) is 12.3 Å². The van der Waals surface area contributed by atoms with E-state index in [0.29, 0.717) is 0 Å². The van der Waals surface area contributed by atoms with Crippen molar-refractivity contribution in [2.24, 2.45) is 5.92 Å². The number of aromatic amines is 1. The number of carbonyl (C=O) groups is 2. The first kappa shape index (κ1) is 23.0. The van der Waals surface area contributed by atoms with E-state index in [4.69, 9.17) is 4.74 Å². The number of amides is 1. The van der Waals surface area contributed by atoms with E-state index in [2.05, 4.69) is 20.0 Å². The molecule has 3 heterocycles. The fraction of sp³-hybridized carbons (Fsp3) is 0.632. The molecule has 2 aromatic heterocycles. The lowest BCUT2D eigenvalue weighted by Crippen LogP contribution is -2.43. The Morgan fingerprint density at radius 2 is 1.94 bits per heavy atom. The average Bonchev–Trinajstić information content (AvgIpc) is 3.30. The largest absolute Gasteiger partial charge is 0.450 e. The molecule has 0 bridgehead atoms. The molecule has 1 amide bonds. The number of H-pyrrole nitrogens is 1. The number of nitrogens with one attached hydrogen (secondary N) is 2. The van der Waals surface area contributed by atoms with E-state index in [1.165, 1.54) is 11.5 Å². The molecule has 33 heavy (non-hydrogen) atoms. The van der Waals surface area contributed by atoms with Crippen molar-refractivity contribution in [2.45, 2.75) is 70.7 Å². The smallest absolute Gasteiger partial charge is 0.428 e. The Balaban J connectivity index is 1.76. The Morgan fingerprint density at radius 3 is 2.52 bits per heavy atom. The highest BCUT2D eigenvalue weighted by Gasteiger charge is 2.51. The number of fused-ring (bicyclic) bond motifs is 1. The van der Waals surface area contributed by atoms with Crippen molar-refractivity contribution >= 4 is 29.0 Å². The molecule has 3 atom stereocenters. The lowest BCUT2D eigenvalue weighted by molar-refractivity contribution is -0.247.